The number of benzene rings is 4. The van der Waals surface area contributed by atoms with E-state index in [2.05, 4.69) is 10.6 Å². The summed E-state index contributed by atoms with van der Waals surface area (Å²) >= 11 is 1.45. The van der Waals surface area contributed by atoms with E-state index in [1.54, 1.807) is 12.1 Å². The van der Waals surface area contributed by atoms with E-state index in [1.165, 1.54) is 25.1 Å². The Balaban J connectivity index is 1.11. The van der Waals surface area contributed by atoms with Crippen molar-refractivity contribution < 1.29 is 33.6 Å². The number of methoxy groups -OCH3 is 1. The van der Waals surface area contributed by atoms with Crippen molar-refractivity contribution in [3.05, 3.63) is 161 Å². The number of esters is 1. The highest BCUT2D eigenvalue weighted by Gasteiger charge is 2.33. The van der Waals surface area contributed by atoms with Crippen LogP contribution < -0.4 is 15.4 Å². The van der Waals surface area contributed by atoms with Crippen molar-refractivity contribution in [1.29, 1.82) is 0 Å². The van der Waals surface area contributed by atoms with E-state index in [1.807, 2.05) is 109 Å². The van der Waals surface area contributed by atoms with Crippen LogP contribution in [0, 0.1) is 5.21 Å². The second-order valence-corrected chi connectivity index (χ2v) is 13.5. The largest absolute Gasteiger partial charge is 0.618 e. The number of nitrogens with one attached hydrogen (secondary N) is 2. The summed E-state index contributed by atoms with van der Waals surface area (Å²) in [5, 5.41) is 28.0. The number of ether oxygens (including phenoxy) is 3. The summed E-state index contributed by atoms with van der Waals surface area (Å²) in [6.07, 6.45) is 1.36. The summed E-state index contributed by atoms with van der Waals surface area (Å²) in [4.78, 5) is 25.2. The van der Waals surface area contributed by atoms with Crippen LogP contribution >= 0.6 is 11.8 Å². The molecule has 1 aromatic heterocycles. The maximum absolute atomic E-state index is 12.8. The SMILES string of the molecule is COC(=O)[C@H](Cc1ccccc1)NC(=O)NCc1cccc(-c2ccc([C@@H]3O[C@H](CSc4cccc[n+]4[O-])C[C@H](c4ccc(CO)cc4)O3)cc2)c1. The molecular formula is C41H41N3O7S. The summed E-state index contributed by atoms with van der Waals surface area (Å²) in [5.74, 6) is 0.0595. The monoisotopic (exact) mass is 719 g/mol. The van der Waals surface area contributed by atoms with Crippen molar-refractivity contribution in [3.8, 4) is 11.1 Å². The lowest BCUT2D eigenvalue weighted by atomic mass is 9.99. The standard InChI is InChI=1S/C41H41N3O7S/c1-49-39(46)36(23-28-8-3-2-4-9-28)43-41(47)42-25-30-10-7-11-34(22-30)31-17-19-33(20-18-31)40-50-35(27-52-38-12-5-6-21-44(38)48)24-37(51-40)32-15-13-29(26-45)14-16-32/h2-22,35-37,40,45H,23-27H2,1H3,(H2,42,43,47)/t35-,36-,37+,40+/m0/s1. The van der Waals surface area contributed by atoms with Crippen LogP contribution in [-0.4, -0.2) is 42.1 Å². The summed E-state index contributed by atoms with van der Waals surface area (Å²) < 4.78 is 18.7. The molecule has 2 heterocycles. The third-order valence-corrected chi connectivity index (χ3v) is 9.94. The van der Waals surface area contributed by atoms with Crippen LogP contribution in [0.25, 0.3) is 11.1 Å². The van der Waals surface area contributed by atoms with Crippen LogP contribution in [0.5, 0.6) is 0 Å². The number of hydrogen-bond donors (Lipinski definition) is 3. The molecule has 1 aliphatic heterocycles. The third-order valence-electron chi connectivity index (χ3n) is 8.79. The molecule has 4 aromatic carbocycles. The Morgan fingerprint density at radius 1 is 0.865 bits per heavy atom. The summed E-state index contributed by atoms with van der Waals surface area (Å²) in [7, 11) is 1.30. The molecule has 0 unspecified atom stereocenters. The molecule has 1 aliphatic rings. The van der Waals surface area contributed by atoms with Gasteiger partial charge in [-0.2, -0.15) is 4.73 Å². The number of rotatable bonds is 13. The molecule has 6 rings (SSSR count). The number of aromatic nitrogens is 1. The summed E-state index contributed by atoms with van der Waals surface area (Å²) in [6, 6.07) is 37.1. The number of carbonyl (C=O) groups excluding carboxylic acids is 2. The van der Waals surface area contributed by atoms with Crippen LogP contribution in [0.1, 0.15) is 46.6 Å². The number of hydrogen-bond acceptors (Lipinski definition) is 8. The smallest absolute Gasteiger partial charge is 0.328 e. The molecule has 0 spiro atoms. The van der Waals surface area contributed by atoms with Crippen LogP contribution in [0.4, 0.5) is 4.79 Å². The topological polar surface area (TPSA) is 133 Å². The number of amides is 2. The quantitative estimate of drug-likeness (QED) is 0.0552. The molecule has 0 bridgehead atoms. The molecule has 10 nitrogen and oxygen atoms in total. The highest BCUT2D eigenvalue weighted by atomic mass is 32.2. The molecule has 2 amide bonds. The van der Waals surface area contributed by atoms with Gasteiger partial charge in [0.2, 0.25) is 0 Å². The maximum Gasteiger partial charge on any atom is 0.328 e. The van der Waals surface area contributed by atoms with Gasteiger partial charge in [0.05, 0.1) is 25.9 Å². The van der Waals surface area contributed by atoms with Crippen molar-refractivity contribution in [1.82, 2.24) is 10.6 Å². The average Bonchev–Trinajstić information content (AvgIpc) is 3.19. The molecule has 268 valence electrons. The van der Waals surface area contributed by atoms with Gasteiger partial charge in [0.15, 0.2) is 12.5 Å². The highest BCUT2D eigenvalue weighted by Crippen LogP contribution is 2.39. The van der Waals surface area contributed by atoms with E-state index in [9.17, 15) is 19.9 Å². The molecule has 1 saturated heterocycles. The Kier molecular flexibility index (Phi) is 12.5. The predicted octanol–water partition coefficient (Wildman–Crippen LogP) is 6.40. The van der Waals surface area contributed by atoms with Gasteiger partial charge in [-0.1, -0.05) is 109 Å². The minimum absolute atomic E-state index is 0.0309. The molecular weight excluding hydrogens is 679 g/mol. The predicted molar refractivity (Wildman–Crippen MR) is 198 cm³/mol. The van der Waals surface area contributed by atoms with E-state index in [0.29, 0.717) is 23.6 Å². The number of aliphatic hydroxyl groups excluding tert-OH is 1. The van der Waals surface area contributed by atoms with E-state index >= 15 is 0 Å². The lowest BCUT2D eigenvalue weighted by molar-refractivity contribution is -0.645. The summed E-state index contributed by atoms with van der Waals surface area (Å²) in [5.41, 5.74) is 6.43. The average molecular weight is 720 g/mol. The Bertz CT molecular complexity index is 1930. The minimum atomic E-state index is -0.820. The van der Waals surface area contributed by atoms with Crippen molar-refractivity contribution in [3.63, 3.8) is 0 Å². The number of pyridine rings is 1. The molecule has 1 fully saturated rings. The van der Waals surface area contributed by atoms with E-state index in [-0.39, 0.29) is 25.4 Å². The highest BCUT2D eigenvalue weighted by molar-refractivity contribution is 7.99. The Morgan fingerprint density at radius 2 is 1.60 bits per heavy atom. The minimum Gasteiger partial charge on any atom is -0.618 e. The molecule has 11 heteroatoms. The zero-order valence-corrected chi connectivity index (χ0v) is 29.5. The fourth-order valence-corrected chi connectivity index (χ4v) is 6.93. The van der Waals surface area contributed by atoms with Crippen LogP contribution in [-0.2, 0) is 38.6 Å². The zero-order valence-electron chi connectivity index (χ0n) is 28.7. The van der Waals surface area contributed by atoms with Gasteiger partial charge in [-0.15, -0.1) is 0 Å². The van der Waals surface area contributed by atoms with Crippen molar-refractivity contribution in [2.75, 3.05) is 12.9 Å². The Hall–Kier alpha value is -5.20. The second-order valence-electron chi connectivity index (χ2n) is 12.4. The van der Waals surface area contributed by atoms with E-state index < -0.39 is 24.3 Å². The third kappa shape index (κ3) is 9.77. The molecule has 4 atom stereocenters. The fraction of sp³-hybridized carbons (Fsp3) is 0.244. The van der Waals surface area contributed by atoms with Gasteiger partial charge in [-0.05, 0) is 45.5 Å². The molecule has 52 heavy (non-hydrogen) atoms. The Labute approximate surface area is 307 Å². The lowest BCUT2D eigenvalue weighted by Crippen LogP contribution is -2.47. The maximum atomic E-state index is 12.8. The van der Waals surface area contributed by atoms with Crippen LogP contribution in [0.15, 0.2) is 133 Å². The fourth-order valence-electron chi connectivity index (χ4n) is 6.00. The number of carbonyl (C=O) groups is 2. The molecule has 5 aromatic rings. The molecule has 0 aliphatic carbocycles. The van der Waals surface area contributed by atoms with Gasteiger partial charge in [0, 0.05) is 42.8 Å². The first kappa shape index (κ1) is 36.6. The number of urea groups is 1. The van der Waals surface area contributed by atoms with Gasteiger partial charge >= 0.3 is 12.0 Å². The number of nitrogens with zero attached hydrogens (tertiary/aromatic N) is 1. The van der Waals surface area contributed by atoms with E-state index in [4.69, 9.17) is 14.2 Å². The first-order valence-corrected chi connectivity index (χ1v) is 18.0. The molecule has 0 saturated carbocycles. The number of thioether (sulfide) groups is 1. The van der Waals surface area contributed by atoms with Gasteiger partial charge in [0.25, 0.3) is 5.03 Å². The van der Waals surface area contributed by atoms with Gasteiger partial charge < -0.3 is 35.2 Å². The van der Waals surface area contributed by atoms with E-state index in [0.717, 1.165) is 43.7 Å². The van der Waals surface area contributed by atoms with Crippen LogP contribution in [0.2, 0.25) is 0 Å². The molecule has 0 radical (unpaired) electrons. The second kappa shape index (κ2) is 17.8. The normalized spacial score (nSPS) is 17.5. The molecule has 3 N–H and O–H groups in total. The van der Waals surface area contributed by atoms with Crippen molar-refractivity contribution >= 4 is 23.8 Å². The van der Waals surface area contributed by atoms with Crippen molar-refractivity contribution in [2.24, 2.45) is 0 Å². The first-order valence-electron chi connectivity index (χ1n) is 17.1. The summed E-state index contributed by atoms with van der Waals surface area (Å²) in [6.45, 7) is 0.229. The first-order chi connectivity index (χ1) is 25.4. The lowest BCUT2D eigenvalue weighted by Gasteiger charge is -2.36. The van der Waals surface area contributed by atoms with Gasteiger partial charge in [-0.25, -0.2) is 9.59 Å². The van der Waals surface area contributed by atoms with Gasteiger partial charge in [-0.3, -0.25) is 0 Å². The Morgan fingerprint density at radius 3 is 2.33 bits per heavy atom. The van der Waals surface area contributed by atoms with Crippen molar-refractivity contribution in [2.45, 2.75) is 55.6 Å². The number of aliphatic hydroxyl groups is 1. The van der Waals surface area contributed by atoms with Gasteiger partial charge in [0.1, 0.15) is 6.04 Å². The zero-order chi connectivity index (χ0) is 36.3. The van der Waals surface area contributed by atoms with Crippen LogP contribution in [0.3, 0.4) is 0 Å².